The number of carbonyl (C=O) groups is 1. The molecule has 1 aliphatic rings. The van der Waals surface area contributed by atoms with Gasteiger partial charge in [0.15, 0.2) is 5.78 Å². The third kappa shape index (κ3) is 1.50. The third-order valence-electron chi connectivity index (χ3n) is 3.12. The highest BCUT2D eigenvalue weighted by molar-refractivity contribution is 6.40. The number of ketones is 1. The van der Waals surface area contributed by atoms with Gasteiger partial charge in [0.2, 0.25) is 0 Å². The molecule has 1 rings (SSSR count). The molecule has 0 spiro atoms. The van der Waals surface area contributed by atoms with Crippen LogP contribution in [0.1, 0.15) is 27.2 Å². The molecule has 0 heterocycles. The van der Waals surface area contributed by atoms with E-state index in [2.05, 4.69) is 11.2 Å². The van der Waals surface area contributed by atoms with Crippen LogP contribution in [-0.4, -0.2) is 16.7 Å². The van der Waals surface area contributed by atoms with Crippen molar-refractivity contribution >= 4 is 11.5 Å². The van der Waals surface area contributed by atoms with E-state index in [1.54, 1.807) is 0 Å². The largest absolute Gasteiger partial charge is 0.411 e. The molecule has 1 aliphatic carbocycles. The zero-order valence-electron chi connectivity index (χ0n) is 8.61. The maximum absolute atomic E-state index is 11.1. The van der Waals surface area contributed by atoms with Gasteiger partial charge in [-0.2, -0.15) is 5.26 Å². The Hall–Kier alpha value is -1.37. The van der Waals surface area contributed by atoms with Crippen LogP contribution in [0.4, 0.5) is 0 Å². The van der Waals surface area contributed by atoms with Crippen molar-refractivity contribution < 1.29 is 10.0 Å². The zero-order valence-corrected chi connectivity index (χ0v) is 8.61. The Balaban J connectivity index is 2.83. The molecule has 0 aromatic heterocycles. The molecule has 0 aliphatic heterocycles. The van der Waals surface area contributed by atoms with E-state index in [1.165, 1.54) is 6.92 Å². The van der Waals surface area contributed by atoms with Crippen molar-refractivity contribution in [3.8, 4) is 6.07 Å². The second-order valence-electron chi connectivity index (χ2n) is 4.31. The van der Waals surface area contributed by atoms with Crippen LogP contribution in [0.25, 0.3) is 0 Å². The minimum absolute atomic E-state index is 0.0651. The summed E-state index contributed by atoms with van der Waals surface area (Å²) in [5.74, 6) is -0.141. The van der Waals surface area contributed by atoms with Crippen molar-refractivity contribution in [1.29, 1.82) is 5.26 Å². The van der Waals surface area contributed by atoms with Gasteiger partial charge in [0.05, 0.1) is 6.07 Å². The molecule has 2 atom stereocenters. The summed E-state index contributed by atoms with van der Waals surface area (Å²) in [5.41, 5.74) is 0.110. The van der Waals surface area contributed by atoms with Gasteiger partial charge < -0.3 is 5.21 Å². The molecule has 1 N–H and O–H groups in total. The minimum atomic E-state index is -0.217. The van der Waals surface area contributed by atoms with Gasteiger partial charge in [-0.3, -0.25) is 4.79 Å². The average molecular weight is 194 g/mol. The Bertz CT molecular complexity index is 326. The first-order valence-corrected chi connectivity index (χ1v) is 4.56. The van der Waals surface area contributed by atoms with Gasteiger partial charge in [-0.1, -0.05) is 19.0 Å². The fourth-order valence-electron chi connectivity index (χ4n) is 2.12. The highest BCUT2D eigenvalue weighted by Crippen LogP contribution is 2.60. The zero-order chi connectivity index (χ0) is 10.9. The number of oxime groups is 1. The fraction of sp³-hybridized carbons (Fsp3) is 0.700. The van der Waals surface area contributed by atoms with E-state index >= 15 is 0 Å². The fourth-order valence-corrected chi connectivity index (χ4v) is 2.12. The Morgan fingerprint density at radius 2 is 2.21 bits per heavy atom. The predicted molar refractivity (Wildman–Crippen MR) is 50.9 cm³/mol. The standard InChI is InChI=1S/C10H14N2O2/c1-6(13)9(12-14)8-7(4-5-11)10(8,2)3/h7-8,14H,4H2,1-3H3/b12-9+/t7-,8-/m1/s1. The van der Waals surface area contributed by atoms with Crippen LogP contribution in [0.15, 0.2) is 5.16 Å². The number of nitrogens with zero attached hydrogens (tertiary/aromatic N) is 2. The molecule has 0 saturated heterocycles. The Kier molecular flexibility index (Phi) is 2.61. The molecular formula is C10H14N2O2. The van der Waals surface area contributed by atoms with Crippen LogP contribution in [-0.2, 0) is 4.79 Å². The quantitative estimate of drug-likeness (QED) is 0.421. The van der Waals surface area contributed by atoms with Crippen LogP contribution in [0.2, 0.25) is 0 Å². The van der Waals surface area contributed by atoms with Crippen molar-refractivity contribution in [2.45, 2.75) is 27.2 Å². The van der Waals surface area contributed by atoms with Gasteiger partial charge in [0.1, 0.15) is 5.71 Å². The normalized spacial score (nSPS) is 29.4. The van der Waals surface area contributed by atoms with Crippen LogP contribution in [0.5, 0.6) is 0 Å². The smallest absolute Gasteiger partial charge is 0.177 e. The molecule has 1 fully saturated rings. The molecule has 0 amide bonds. The van der Waals surface area contributed by atoms with E-state index in [9.17, 15) is 4.79 Å². The summed E-state index contributed by atoms with van der Waals surface area (Å²) in [6, 6.07) is 2.09. The van der Waals surface area contributed by atoms with E-state index in [4.69, 9.17) is 10.5 Å². The van der Waals surface area contributed by atoms with Gasteiger partial charge in [0, 0.05) is 19.3 Å². The van der Waals surface area contributed by atoms with Crippen molar-refractivity contribution in [1.82, 2.24) is 0 Å². The second-order valence-corrected chi connectivity index (χ2v) is 4.31. The lowest BCUT2D eigenvalue weighted by Gasteiger charge is -2.01. The lowest BCUT2D eigenvalue weighted by Crippen LogP contribution is -2.15. The molecule has 4 heteroatoms. The first kappa shape index (κ1) is 10.7. The van der Waals surface area contributed by atoms with Gasteiger partial charge in [0.25, 0.3) is 0 Å². The van der Waals surface area contributed by atoms with Crippen molar-refractivity contribution in [3.05, 3.63) is 0 Å². The SMILES string of the molecule is CC(=O)/C(=N\O)[C@H]1[C@@H](CC#N)C1(C)C. The summed E-state index contributed by atoms with van der Waals surface area (Å²) in [4.78, 5) is 11.1. The van der Waals surface area contributed by atoms with Gasteiger partial charge in [-0.15, -0.1) is 0 Å². The molecule has 76 valence electrons. The second kappa shape index (κ2) is 3.41. The van der Waals surface area contributed by atoms with Gasteiger partial charge in [-0.05, 0) is 11.3 Å². The van der Waals surface area contributed by atoms with Crippen molar-refractivity contribution in [2.24, 2.45) is 22.4 Å². The number of carbonyl (C=O) groups excluding carboxylic acids is 1. The maximum Gasteiger partial charge on any atom is 0.177 e. The summed E-state index contributed by atoms with van der Waals surface area (Å²) in [6.07, 6.45) is 0.407. The number of Topliss-reactive ketones (excluding diaryl/α,β-unsaturated/α-hetero) is 1. The lowest BCUT2D eigenvalue weighted by molar-refractivity contribution is -0.111. The molecule has 0 radical (unpaired) electrons. The first-order chi connectivity index (χ1) is 6.46. The third-order valence-corrected chi connectivity index (χ3v) is 3.12. The summed E-state index contributed by atoms with van der Waals surface area (Å²) >= 11 is 0. The average Bonchev–Trinajstić information content (AvgIpc) is 2.58. The van der Waals surface area contributed by atoms with Gasteiger partial charge >= 0.3 is 0 Å². The molecule has 0 aromatic rings. The highest BCUT2D eigenvalue weighted by Gasteiger charge is 2.60. The molecular weight excluding hydrogens is 180 g/mol. The van der Waals surface area contributed by atoms with Crippen molar-refractivity contribution in [2.75, 3.05) is 0 Å². The monoisotopic (exact) mass is 194 g/mol. The van der Waals surface area contributed by atoms with Crippen LogP contribution >= 0.6 is 0 Å². The van der Waals surface area contributed by atoms with Crippen LogP contribution < -0.4 is 0 Å². The van der Waals surface area contributed by atoms with E-state index in [0.717, 1.165) is 0 Å². The van der Waals surface area contributed by atoms with Crippen molar-refractivity contribution in [3.63, 3.8) is 0 Å². The number of rotatable bonds is 3. The van der Waals surface area contributed by atoms with E-state index in [0.29, 0.717) is 6.42 Å². The van der Waals surface area contributed by atoms with E-state index in [1.807, 2.05) is 13.8 Å². The number of hydrogen-bond donors (Lipinski definition) is 1. The molecule has 14 heavy (non-hydrogen) atoms. The predicted octanol–water partition coefficient (Wildman–Crippen LogP) is 1.59. The van der Waals surface area contributed by atoms with E-state index in [-0.39, 0.29) is 28.7 Å². The summed E-state index contributed by atoms with van der Waals surface area (Å²) in [7, 11) is 0. The van der Waals surface area contributed by atoms with Gasteiger partial charge in [-0.25, -0.2) is 0 Å². The molecule has 0 aromatic carbocycles. The Morgan fingerprint density at radius 1 is 1.64 bits per heavy atom. The molecule has 4 nitrogen and oxygen atoms in total. The van der Waals surface area contributed by atoms with Crippen LogP contribution in [0.3, 0.4) is 0 Å². The molecule has 1 saturated carbocycles. The van der Waals surface area contributed by atoms with Crippen LogP contribution in [0, 0.1) is 28.6 Å². The Morgan fingerprint density at radius 3 is 2.57 bits per heavy atom. The first-order valence-electron chi connectivity index (χ1n) is 4.56. The topological polar surface area (TPSA) is 73.4 Å². The summed E-state index contributed by atoms with van der Waals surface area (Å²) < 4.78 is 0. The number of nitriles is 1. The number of hydrogen-bond acceptors (Lipinski definition) is 4. The van der Waals surface area contributed by atoms with E-state index < -0.39 is 0 Å². The lowest BCUT2D eigenvalue weighted by atomic mass is 10.0. The summed E-state index contributed by atoms with van der Waals surface area (Å²) in [5, 5.41) is 20.3. The minimum Gasteiger partial charge on any atom is -0.411 e. The maximum atomic E-state index is 11.1. The molecule has 0 unspecified atom stereocenters. The summed E-state index contributed by atoms with van der Waals surface area (Å²) in [6.45, 7) is 5.34. The highest BCUT2D eigenvalue weighted by atomic mass is 16.4. The molecule has 0 bridgehead atoms. The Labute approximate surface area is 83.2 Å².